The molecule has 0 amide bonds. The van der Waals surface area contributed by atoms with Gasteiger partial charge in [0.2, 0.25) is 0 Å². The minimum Gasteiger partial charge on any atom is -0.380 e. The third kappa shape index (κ3) is 4.62. The second kappa shape index (κ2) is 6.01. The highest BCUT2D eigenvalue weighted by atomic mass is 28.4. The van der Waals surface area contributed by atoms with E-state index in [1.807, 2.05) is 34.2 Å². The Morgan fingerprint density at radius 3 is 1.78 bits per heavy atom. The maximum absolute atomic E-state index is 6.27. The third-order valence-electron chi connectivity index (χ3n) is 2.97. The highest BCUT2D eigenvalue weighted by Gasteiger charge is 2.47. The van der Waals surface area contributed by atoms with Crippen molar-refractivity contribution in [1.29, 1.82) is 0 Å². The van der Waals surface area contributed by atoms with Crippen LogP contribution >= 0.6 is 0 Å². The van der Waals surface area contributed by atoms with E-state index in [4.69, 9.17) is 18.0 Å². The monoisotopic (exact) mass is 276 g/mol. The van der Waals surface area contributed by atoms with Gasteiger partial charge in [-0.1, -0.05) is 0 Å². The molecule has 0 saturated carbocycles. The fourth-order valence-electron chi connectivity index (χ4n) is 2.13. The first kappa shape index (κ1) is 16.1. The predicted molar refractivity (Wildman–Crippen MR) is 73.5 cm³/mol. The van der Waals surface area contributed by atoms with Crippen molar-refractivity contribution >= 4 is 8.80 Å². The zero-order valence-electron chi connectivity index (χ0n) is 12.8. The molecule has 4 nitrogen and oxygen atoms in total. The number of hydrogen-bond donors (Lipinski definition) is 0. The quantitative estimate of drug-likeness (QED) is 0.670. The standard InChI is InChI=1S/C13H28O4Si/c1-10(2)15-18(7,16-11(3)4)17-13(5,6)12-8-14-9-12/h10-12H,8-9H2,1-7H3. The smallest absolute Gasteiger partial charge is 0.380 e. The van der Waals surface area contributed by atoms with Crippen LogP contribution in [-0.2, 0) is 18.0 Å². The molecule has 0 atom stereocenters. The third-order valence-corrected chi connectivity index (χ3v) is 5.67. The molecule has 0 bridgehead atoms. The van der Waals surface area contributed by atoms with Gasteiger partial charge in [0, 0.05) is 24.7 Å². The Hall–Kier alpha value is 0.0569. The molecule has 0 aromatic heterocycles. The molecule has 1 fully saturated rings. The minimum atomic E-state index is -2.61. The van der Waals surface area contributed by atoms with E-state index in [1.165, 1.54) is 0 Å². The predicted octanol–water partition coefficient (Wildman–Crippen LogP) is 2.85. The van der Waals surface area contributed by atoms with Crippen molar-refractivity contribution in [3.8, 4) is 0 Å². The summed E-state index contributed by atoms with van der Waals surface area (Å²) in [6.45, 7) is 15.7. The van der Waals surface area contributed by atoms with Crippen molar-refractivity contribution in [2.45, 2.75) is 65.9 Å². The average Bonchev–Trinajstić information content (AvgIpc) is 1.90. The lowest BCUT2D eigenvalue weighted by atomic mass is 9.90. The molecular weight excluding hydrogens is 248 g/mol. The summed E-state index contributed by atoms with van der Waals surface area (Å²) in [6.07, 6.45) is 0.211. The van der Waals surface area contributed by atoms with Gasteiger partial charge in [0.25, 0.3) is 0 Å². The van der Waals surface area contributed by atoms with Crippen LogP contribution in [0.15, 0.2) is 0 Å². The Morgan fingerprint density at radius 2 is 1.50 bits per heavy atom. The van der Waals surface area contributed by atoms with Gasteiger partial charge >= 0.3 is 8.80 Å². The van der Waals surface area contributed by atoms with Gasteiger partial charge in [-0.15, -0.1) is 0 Å². The van der Waals surface area contributed by atoms with Gasteiger partial charge in [-0.25, -0.2) is 0 Å². The normalized spacial score (nSPS) is 18.5. The second-order valence-corrected chi connectivity index (χ2v) is 8.54. The van der Waals surface area contributed by atoms with Crippen LogP contribution in [0.2, 0.25) is 6.55 Å². The van der Waals surface area contributed by atoms with E-state index in [2.05, 4.69) is 13.8 Å². The first-order valence-corrected chi connectivity index (χ1v) is 9.00. The molecule has 0 N–H and O–H groups in total. The van der Waals surface area contributed by atoms with Crippen molar-refractivity contribution in [3.05, 3.63) is 0 Å². The number of rotatable bonds is 7. The largest absolute Gasteiger partial charge is 0.498 e. The maximum Gasteiger partial charge on any atom is 0.498 e. The van der Waals surface area contributed by atoms with Gasteiger partial charge < -0.3 is 18.0 Å². The molecule has 0 aromatic carbocycles. The zero-order valence-corrected chi connectivity index (χ0v) is 13.8. The zero-order chi connectivity index (χ0) is 14.0. The first-order valence-electron chi connectivity index (χ1n) is 6.78. The Kier molecular flexibility index (Phi) is 5.38. The Morgan fingerprint density at radius 1 is 1.06 bits per heavy atom. The van der Waals surface area contributed by atoms with Gasteiger partial charge in [0.15, 0.2) is 0 Å². The Balaban J connectivity index is 2.69. The number of hydrogen-bond acceptors (Lipinski definition) is 4. The summed E-state index contributed by atoms with van der Waals surface area (Å²) < 4.78 is 23.4. The van der Waals surface area contributed by atoms with Gasteiger partial charge in [-0.3, -0.25) is 0 Å². The van der Waals surface area contributed by atoms with E-state index >= 15 is 0 Å². The van der Waals surface area contributed by atoms with Gasteiger partial charge in [-0.05, 0) is 41.5 Å². The molecule has 0 spiro atoms. The van der Waals surface area contributed by atoms with Crippen LogP contribution < -0.4 is 0 Å². The van der Waals surface area contributed by atoms with Crippen LogP contribution in [0.4, 0.5) is 0 Å². The van der Waals surface area contributed by atoms with E-state index < -0.39 is 8.80 Å². The maximum atomic E-state index is 6.27. The molecule has 18 heavy (non-hydrogen) atoms. The van der Waals surface area contributed by atoms with Crippen LogP contribution in [0.5, 0.6) is 0 Å². The molecule has 1 aliphatic heterocycles. The summed E-state index contributed by atoms with van der Waals surface area (Å²) in [5.41, 5.74) is -0.261. The molecule has 1 rings (SSSR count). The van der Waals surface area contributed by atoms with Crippen LogP contribution in [0, 0.1) is 5.92 Å². The summed E-state index contributed by atoms with van der Waals surface area (Å²) in [5.74, 6) is 0.427. The molecule has 0 unspecified atom stereocenters. The number of ether oxygens (including phenoxy) is 1. The molecule has 0 aromatic rings. The Labute approximate surface area is 112 Å². The molecule has 1 saturated heterocycles. The van der Waals surface area contributed by atoms with Crippen LogP contribution in [0.1, 0.15) is 41.5 Å². The van der Waals surface area contributed by atoms with E-state index in [9.17, 15) is 0 Å². The molecule has 0 radical (unpaired) electrons. The van der Waals surface area contributed by atoms with Gasteiger partial charge in [0.1, 0.15) is 0 Å². The molecule has 0 aliphatic carbocycles. The van der Waals surface area contributed by atoms with Gasteiger partial charge in [0.05, 0.1) is 18.8 Å². The van der Waals surface area contributed by atoms with E-state index in [0.29, 0.717) is 5.92 Å². The second-order valence-electron chi connectivity index (χ2n) is 6.14. The van der Waals surface area contributed by atoms with Crippen molar-refractivity contribution < 1.29 is 18.0 Å². The SMILES string of the molecule is CC(C)O[Si](C)(OC(C)C)OC(C)(C)C1COC1. The van der Waals surface area contributed by atoms with Crippen LogP contribution in [0.25, 0.3) is 0 Å². The fraction of sp³-hybridized carbons (Fsp3) is 1.00. The van der Waals surface area contributed by atoms with Crippen molar-refractivity contribution in [1.82, 2.24) is 0 Å². The fourth-order valence-corrected chi connectivity index (χ4v) is 5.12. The minimum absolute atomic E-state index is 0.105. The Bertz CT molecular complexity index is 252. The van der Waals surface area contributed by atoms with Crippen molar-refractivity contribution in [3.63, 3.8) is 0 Å². The highest BCUT2D eigenvalue weighted by Crippen LogP contribution is 2.32. The molecule has 108 valence electrons. The lowest BCUT2D eigenvalue weighted by Crippen LogP contribution is -2.56. The van der Waals surface area contributed by atoms with E-state index in [0.717, 1.165) is 13.2 Å². The summed E-state index contributed by atoms with van der Waals surface area (Å²) in [7, 11) is -2.61. The summed E-state index contributed by atoms with van der Waals surface area (Å²) in [6, 6.07) is 0. The van der Waals surface area contributed by atoms with Crippen LogP contribution in [0.3, 0.4) is 0 Å². The van der Waals surface area contributed by atoms with E-state index in [1.54, 1.807) is 0 Å². The highest BCUT2D eigenvalue weighted by molar-refractivity contribution is 6.59. The van der Waals surface area contributed by atoms with Crippen molar-refractivity contribution in [2.24, 2.45) is 5.92 Å². The van der Waals surface area contributed by atoms with Crippen LogP contribution in [-0.4, -0.2) is 39.8 Å². The summed E-state index contributed by atoms with van der Waals surface area (Å²) in [4.78, 5) is 0. The molecule has 1 heterocycles. The lowest BCUT2D eigenvalue weighted by Gasteiger charge is -2.44. The molecule has 5 heteroatoms. The molecular formula is C13H28O4Si. The lowest BCUT2D eigenvalue weighted by molar-refractivity contribution is -0.143. The topological polar surface area (TPSA) is 36.9 Å². The van der Waals surface area contributed by atoms with Gasteiger partial charge in [-0.2, -0.15) is 0 Å². The first-order chi connectivity index (χ1) is 8.15. The van der Waals surface area contributed by atoms with E-state index in [-0.39, 0.29) is 17.8 Å². The average molecular weight is 276 g/mol. The summed E-state index contributed by atoms with van der Waals surface area (Å²) in [5, 5.41) is 0. The molecule has 1 aliphatic rings. The summed E-state index contributed by atoms with van der Waals surface area (Å²) >= 11 is 0. The van der Waals surface area contributed by atoms with Crippen molar-refractivity contribution in [2.75, 3.05) is 13.2 Å².